The molecule has 6 nitrogen and oxygen atoms in total. The number of hydrogen-bond acceptors (Lipinski definition) is 6. The summed E-state index contributed by atoms with van der Waals surface area (Å²) in [5.41, 5.74) is 6.04. The minimum Gasteiger partial charge on any atom is -0.383 e. The van der Waals surface area contributed by atoms with Crippen LogP contribution in [-0.4, -0.2) is 44.0 Å². The molecule has 0 aliphatic heterocycles. The van der Waals surface area contributed by atoms with Crippen molar-refractivity contribution >= 4 is 26.5 Å². The van der Waals surface area contributed by atoms with Crippen molar-refractivity contribution < 1.29 is 13.2 Å². The van der Waals surface area contributed by atoms with Crippen LogP contribution in [0.15, 0.2) is 4.21 Å². The van der Waals surface area contributed by atoms with Crippen LogP contribution in [0.25, 0.3) is 0 Å². The van der Waals surface area contributed by atoms with Gasteiger partial charge in [0.15, 0.2) is 9.34 Å². The molecule has 1 aromatic heterocycles. The molecule has 0 radical (unpaired) electrons. The van der Waals surface area contributed by atoms with Crippen LogP contribution in [0.1, 0.15) is 18.5 Å². The molecular weight excluding hydrogens is 274 g/mol. The maximum absolute atomic E-state index is 12.5. The summed E-state index contributed by atoms with van der Waals surface area (Å²) in [6, 6.07) is 0.105. The van der Waals surface area contributed by atoms with E-state index in [4.69, 9.17) is 10.5 Å². The molecule has 1 saturated carbocycles. The molecule has 1 aromatic rings. The van der Waals surface area contributed by atoms with Crippen LogP contribution in [0.3, 0.4) is 0 Å². The molecule has 1 heterocycles. The number of ether oxygens (including phenoxy) is 1. The van der Waals surface area contributed by atoms with Gasteiger partial charge in [-0.05, 0) is 19.8 Å². The van der Waals surface area contributed by atoms with E-state index >= 15 is 0 Å². The Hall–Kier alpha value is -0.700. The van der Waals surface area contributed by atoms with E-state index in [1.54, 1.807) is 14.0 Å². The second kappa shape index (κ2) is 5.12. The molecule has 2 rings (SSSR count). The van der Waals surface area contributed by atoms with E-state index in [-0.39, 0.29) is 15.4 Å². The summed E-state index contributed by atoms with van der Waals surface area (Å²) in [6.45, 7) is 2.44. The molecule has 0 atom stereocenters. The Morgan fingerprint density at radius 1 is 1.56 bits per heavy atom. The van der Waals surface area contributed by atoms with Gasteiger partial charge in [0.05, 0.1) is 12.3 Å². The predicted molar refractivity (Wildman–Crippen MR) is 70.1 cm³/mol. The van der Waals surface area contributed by atoms with E-state index in [0.717, 1.165) is 24.2 Å². The summed E-state index contributed by atoms with van der Waals surface area (Å²) in [7, 11) is -1.93. The lowest BCUT2D eigenvalue weighted by Crippen LogP contribution is -2.35. The number of sulfonamides is 1. The lowest BCUT2D eigenvalue weighted by atomic mass is 10.6. The van der Waals surface area contributed by atoms with E-state index in [0.29, 0.717) is 18.8 Å². The van der Waals surface area contributed by atoms with Crippen molar-refractivity contribution in [2.24, 2.45) is 0 Å². The van der Waals surface area contributed by atoms with Gasteiger partial charge in [0.1, 0.15) is 0 Å². The Labute approximate surface area is 111 Å². The number of thiazole rings is 1. The number of nitrogens with two attached hydrogens (primary N) is 1. The lowest BCUT2D eigenvalue weighted by molar-refractivity contribution is 0.177. The fourth-order valence-electron chi connectivity index (χ4n) is 1.79. The summed E-state index contributed by atoms with van der Waals surface area (Å²) < 4.78 is 31.8. The van der Waals surface area contributed by atoms with Gasteiger partial charge in [-0.15, -0.1) is 0 Å². The average Bonchev–Trinajstić information content (AvgIpc) is 3.04. The van der Waals surface area contributed by atoms with E-state index in [2.05, 4.69) is 4.98 Å². The number of aryl methyl sites for hydroxylation is 1. The smallest absolute Gasteiger partial charge is 0.254 e. The van der Waals surface area contributed by atoms with Crippen molar-refractivity contribution in [1.82, 2.24) is 9.29 Å². The van der Waals surface area contributed by atoms with Crippen molar-refractivity contribution in [2.45, 2.75) is 30.0 Å². The molecule has 0 spiro atoms. The molecule has 1 fully saturated rings. The normalized spacial score (nSPS) is 16.4. The molecule has 8 heteroatoms. The number of anilines is 1. The van der Waals surface area contributed by atoms with Gasteiger partial charge >= 0.3 is 0 Å². The molecule has 0 unspecified atom stereocenters. The first kappa shape index (κ1) is 13.7. The maximum Gasteiger partial charge on any atom is 0.254 e. The third-order valence-corrected chi connectivity index (χ3v) is 6.31. The SMILES string of the molecule is COCCN(C1CC1)S(=O)(=O)c1sc(N)nc1C. The fourth-order valence-corrected chi connectivity index (χ4v) is 4.87. The number of methoxy groups -OCH3 is 1. The van der Waals surface area contributed by atoms with Crippen LogP contribution in [-0.2, 0) is 14.8 Å². The molecule has 0 bridgehead atoms. The van der Waals surface area contributed by atoms with Crippen molar-refractivity contribution in [2.75, 3.05) is 26.0 Å². The zero-order valence-corrected chi connectivity index (χ0v) is 12.1. The molecule has 102 valence electrons. The van der Waals surface area contributed by atoms with Crippen LogP contribution in [0.4, 0.5) is 5.13 Å². The monoisotopic (exact) mass is 291 g/mol. The minimum absolute atomic E-state index is 0.105. The summed E-state index contributed by atoms with van der Waals surface area (Å²) in [5, 5.41) is 0.286. The van der Waals surface area contributed by atoms with Crippen LogP contribution in [0.2, 0.25) is 0 Å². The molecule has 0 saturated heterocycles. The Morgan fingerprint density at radius 3 is 2.67 bits per heavy atom. The largest absolute Gasteiger partial charge is 0.383 e. The summed E-state index contributed by atoms with van der Waals surface area (Å²) in [6.07, 6.45) is 1.83. The second-order valence-corrected chi connectivity index (χ2v) is 7.38. The minimum atomic E-state index is -3.49. The van der Waals surface area contributed by atoms with Crippen LogP contribution in [0.5, 0.6) is 0 Å². The highest BCUT2D eigenvalue weighted by Gasteiger charge is 2.39. The van der Waals surface area contributed by atoms with Crippen molar-refractivity contribution in [3.63, 3.8) is 0 Å². The highest BCUT2D eigenvalue weighted by Crippen LogP contribution is 2.35. The average molecular weight is 291 g/mol. The highest BCUT2D eigenvalue weighted by molar-refractivity contribution is 7.91. The number of rotatable bonds is 6. The van der Waals surface area contributed by atoms with Crippen LogP contribution < -0.4 is 5.73 Å². The lowest BCUT2D eigenvalue weighted by Gasteiger charge is -2.20. The van der Waals surface area contributed by atoms with Crippen molar-refractivity contribution in [1.29, 1.82) is 0 Å². The van der Waals surface area contributed by atoms with E-state index < -0.39 is 10.0 Å². The first-order valence-corrected chi connectivity index (χ1v) is 7.96. The molecule has 0 amide bonds. The number of hydrogen-bond donors (Lipinski definition) is 1. The fraction of sp³-hybridized carbons (Fsp3) is 0.700. The second-order valence-electron chi connectivity index (χ2n) is 4.26. The van der Waals surface area contributed by atoms with Crippen molar-refractivity contribution in [3.05, 3.63) is 5.69 Å². The molecule has 0 aromatic carbocycles. The van der Waals surface area contributed by atoms with Gasteiger partial charge in [0.2, 0.25) is 0 Å². The van der Waals surface area contributed by atoms with Crippen molar-refractivity contribution in [3.8, 4) is 0 Å². The molecule has 2 N–H and O–H groups in total. The third kappa shape index (κ3) is 2.66. The van der Waals surface area contributed by atoms with Gasteiger partial charge in [-0.1, -0.05) is 11.3 Å². The zero-order valence-electron chi connectivity index (χ0n) is 10.4. The quantitative estimate of drug-likeness (QED) is 0.839. The summed E-state index contributed by atoms with van der Waals surface area (Å²) in [4.78, 5) is 3.98. The molecule has 18 heavy (non-hydrogen) atoms. The Kier molecular flexibility index (Phi) is 3.90. The van der Waals surface area contributed by atoms with Gasteiger partial charge in [-0.3, -0.25) is 0 Å². The molecule has 1 aliphatic carbocycles. The number of nitrogen functional groups attached to an aromatic ring is 1. The third-order valence-electron chi connectivity index (χ3n) is 2.78. The van der Waals surface area contributed by atoms with Gasteiger partial charge in [0.25, 0.3) is 10.0 Å². The summed E-state index contributed by atoms with van der Waals surface area (Å²) >= 11 is 1.02. The van der Waals surface area contributed by atoms with Gasteiger partial charge in [-0.25, -0.2) is 13.4 Å². The van der Waals surface area contributed by atoms with Crippen LogP contribution >= 0.6 is 11.3 Å². The van der Waals surface area contributed by atoms with E-state index in [1.807, 2.05) is 0 Å². The Balaban J connectivity index is 2.30. The number of nitrogens with zero attached hydrogens (tertiary/aromatic N) is 2. The maximum atomic E-state index is 12.5. The first-order valence-electron chi connectivity index (χ1n) is 5.70. The molecular formula is C10H17N3O3S2. The number of aromatic nitrogens is 1. The standard InChI is InChI=1S/C10H17N3O3S2/c1-7-9(17-10(11)12-7)18(14,15)13(5-6-16-2)8-3-4-8/h8H,3-6H2,1-2H3,(H2,11,12). The zero-order chi connectivity index (χ0) is 13.3. The van der Waals surface area contributed by atoms with Crippen LogP contribution in [0, 0.1) is 6.92 Å². The van der Waals surface area contributed by atoms with Gasteiger partial charge < -0.3 is 10.5 Å². The Morgan fingerprint density at radius 2 is 2.22 bits per heavy atom. The summed E-state index contributed by atoms with van der Waals surface area (Å²) in [5.74, 6) is 0. The topological polar surface area (TPSA) is 85.5 Å². The predicted octanol–water partition coefficient (Wildman–Crippen LogP) is 0.833. The van der Waals surface area contributed by atoms with Gasteiger partial charge in [0, 0.05) is 19.7 Å². The van der Waals surface area contributed by atoms with E-state index in [9.17, 15) is 8.42 Å². The Bertz CT molecular complexity index is 522. The van der Waals surface area contributed by atoms with Gasteiger partial charge in [-0.2, -0.15) is 4.31 Å². The molecule has 1 aliphatic rings. The van der Waals surface area contributed by atoms with E-state index in [1.165, 1.54) is 4.31 Å². The highest BCUT2D eigenvalue weighted by atomic mass is 32.2. The first-order chi connectivity index (χ1) is 8.46.